The number of hydrogen-bond donors (Lipinski definition) is 1. The average molecular weight is 278 g/mol. The van der Waals surface area contributed by atoms with Crippen molar-refractivity contribution in [3.8, 4) is 0 Å². The van der Waals surface area contributed by atoms with Crippen LogP contribution in [0.1, 0.15) is 21.7 Å². The molecule has 7 heteroatoms. The Labute approximate surface area is 104 Å². The highest BCUT2D eigenvalue weighted by Gasteiger charge is 2.18. The van der Waals surface area contributed by atoms with Gasteiger partial charge in [0.15, 0.2) is 9.84 Å². The first-order chi connectivity index (χ1) is 7.96. The summed E-state index contributed by atoms with van der Waals surface area (Å²) in [5, 5.41) is 10.4. The second kappa shape index (κ2) is 6.13. The molecule has 0 saturated heterocycles. The van der Waals surface area contributed by atoms with E-state index < -0.39 is 15.8 Å². The molecule has 1 aromatic heterocycles. The van der Waals surface area contributed by atoms with Crippen LogP contribution in [0.2, 0.25) is 0 Å². The Kier molecular flexibility index (Phi) is 5.10. The first-order valence-electron chi connectivity index (χ1n) is 4.95. The summed E-state index contributed by atoms with van der Waals surface area (Å²) in [6.07, 6.45) is 0.422. The number of carbonyl (C=O) groups is 1. The standard InChI is InChI=1S/C10H14O5S2/c1-15-4-2-6-17(13,14)7-8-3-5-16-9(8)10(11)12/h3,5H,2,4,6-7H2,1H3,(H,11,12). The summed E-state index contributed by atoms with van der Waals surface area (Å²) < 4.78 is 28.2. The van der Waals surface area contributed by atoms with Gasteiger partial charge in [-0.1, -0.05) is 0 Å². The summed E-state index contributed by atoms with van der Waals surface area (Å²) in [6.45, 7) is 0.384. The largest absolute Gasteiger partial charge is 0.477 e. The van der Waals surface area contributed by atoms with Crippen molar-refractivity contribution in [2.75, 3.05) is 19.5 Å². The molecule has 1 rings (SSSR count). The van der Waals surface area contributed by atoms with Crippen LogP contribution in [-0.2, 0) is 20.3 Å². The van der Waals surface area contributed by atoms with E-state index in [0.29, 0.717) is 18.6 Å². The molecular weight excluding hydrogens is 264 g/mol. The first kappa shape index (κ1) is 14.1. The quantitative estimate of drug-likeness (QED) is 0.762. The van der Waals surface area contributed by atoms with Crippen LogP contribution in [0.15, 0.2) is 11.4 Å². The highest BCUT2D eigenvalue weighted by atomic mass is 32.2. The van der Waals surface area contributed by atoms with Crippen LogP contribution < -0.4 is 0 Å². The number of rotatable bonds is 7. The third-order valence-electron chi connectivity index (χ3n) is 2.12. The zero-order valence-electron chi connectivity index (χ0n) is 9.38. The minimum Gasteiger partial charge on any atom is -0.477 e. The fourth-order valence-electron chi connectivity index (χ4n) is 1.37. The van der Waals surface area contributed by atoms with Gasteiger partial charge in [-0.3, -0.25) is 0 Å². The van der Waals surface area contributed by atoms with Crippen molar-refractivity contribution < 1.29 is 23.1 Å². The molecule has 1 heterocycles. The van der Waals surface area contributed by atoms with Crippen LogP contribution in [0, 0.1) is 0 Å². The van der Waals surface area contributed by atoms with E-state index in [4.69, 9.17) is 9.84 Å². The van der Waals surface area contributed by atoms with Gasteiger partial charge in [0.1, 0.15) is 4.88 Å². The first-order valence-corrected chi connectivity index (χ1v) is 7.65. The third-order valence-corrected chi connectivity index (χ3v) is 4.73. The number of hydrogen-bond acceptors (Lipinski definition) is 5. The molecule has 0 aromatic carbocycles. The molecular formula is C10H14O5S2. The Balaban J connectivity index is 2.69. The summed E-state index contributed by atoms with van der Waals surface area (Å²) in [6, 6.07) is 1.54. The average Bonchev–Trinajstić information content (AvgIpc) is 2.65. The summed E-state index contributed by atoms with van der Waals surface area (Å²) in [5.41, 5.74) is 0.361. The van der Waals surface area contributed by atoms with Crippen molar-refractivity contribution in [3.05, 3.63) is 21.9 Å². The lowest BCUT2D eigenvalue weighted by atomic mass is 10.3. The zero-order valence-corrected chi connectivity index (χ0v) is 11.0. The van der Waals surface area contributed by atoms with Crippen LogP contribution in [0.4, 0.5) is 0 Å². The van der Waals surface area contributed by atoms with E-state index in [9.17, 15) is 13.2 Å². The van der Waals surface area contributed by atoms with E-state index in [2.05, 4.69) is 0 Å². The molecule has 0 saturated carbocycles. The summed E-state index contributed by atoms with van der Waals surface area (Å²) >= 11 is 1.04. The Morgan fingerprint density at radius 1 is 1.53 bits per heavy atom. The third kappa shape index (κ3) is 4.45. The fraction of sp³-hybridized carbons (Fsp3) is 0.500. The van der Waals surface area contributed by atoms with E-state index in [0.717, 1.165) is 11.3 Å². The van der Waals surface area contributed by atoms with Gasteiger partial charge in [0.2, 0.25) is 0 Å². The molecule has 0 unspecified atom stereocenters. The highest BCUT2D eigenvalue weighted by Crippen LogP contribution is 2.19. The molecule has 0 amide bonds. The van der Waals surface area contributed by atoms with Crippen molar-refractivity contribution in [1.82, 2.24) is 0 Å². The minimum atomic E-state index is -3.27. The number of sulfone groups is 1. The van der Waals surface area contributed by atoms with Crippen LogP contribution in [0.25, 0.3) is 0 Å². The van der Waals surface area contributed by atoms with Crippen molar-refractivity contribution >= 4 is 27.1 Å². The number of methoxy groups -OCH3 is 1. The maximum Gasteiger partial charge on any atom is 0.346 e. The number of thiophene rings is 1. The number of ether oxygens (including phenoxy) is 1. The normalized spacial score (nSPS) is 11.6. The van der Waals surface area contributed by atoms with Crippen molar-refractivity contribution in [2.45, 2.75) is 12.2 Å². The van der Waals surface area contributed by atoms with Crippen LogP contribution in [-0.4, -0.2) is 39.0 Å². The topological polar surface area (TPSA) is 80.7 Å². The molecule has 96 valence electrons. The van der Waals surface area contributed by atoms with Gasteiger partial charge in [-0.25, -0.2) is 13.2 Å². The van der Waals surface area contributed by atoms with Crippen LogP contribution in [0.3, 0.4) is 0 Å². The minimum absolute atomic E-state index is 0.00967. The van der Waals surface area contributed by atoms with E-state index in [1.807, 2.05) is 0 Å². The maximum atomic E-state index is 11.7. The van der Waals surface area contributed by atoms with Gasteiger partial charge in [-0.2, -0.15) is 0 Å². The Morgan fingerprint density at radius 2 is 2.24 bits per heavy atom. The fourth-order valence-corrected chi connectivity index (χ4v) is 3.64. The van der Waals surface area contributed by atoms with Crippen LogP contribution in [0.5, 0.6) is 0 Å². The number of carboxylic acid groups (broad SMARTS) is 1. The molecule has 0 atom stereocenters. The second-order valence-corrected chi connectivity index (χ2v) is 6.62. The predicted octanol–water partition coefficient (Wildman–Crippen LogP) is 1.40. The van der Waals surface area contributed by atoms with Gasteiger partial charge >= 0.3 is 5.97 Å². The molecule has 0 radical (unpaired) electrons. The summed E-state index contributed by atoms with van der Waals surface area (Å²) in [4.78, 5) is 10.9. The zero-order chi connectivity index (χ0) is 12.9. The van der Waals surface area contributed by atoms with E-state index in [1.54, 1.807) is 11.4 Å². The molecule has 0 aliphatic rings. The lowest BCUT2D eigenvalue weighted by molar-refractivity contribution is 0.0701. The van der Waals surface area contributed by atoms with Gasteiger partial charge in [-0.15, -0.1) is 11.3 Å². The van der Waals surface area contributed by atoms with Crippen molar-refractivity contribution in [3.63, 3.8) is 0 Å². The Hall–Kier alpha value is -0.920. The van der Waals surface area contributed by atoms with E-state index >= 15 is 0 Å². The molecule has 0 bridgehead atoms. The molecule has 0 fully saturated rings. The Bertz CT molecular complexity index is 475. The smallest absolute Gasteiger partial charge is 0.346 e. The second-order valence-electron chi connectivity index (χ2n) is 3.52. The number of aromatic carboxylic acids is 1. The van der Waals surface area contributed by atoms with Crippen LogP contribution >= 0.6 is 11.3 Å². The SMILES string of the molecule is COCCCS(=O)(=O)Cc1ccsc1C(=O)O. The maximum absolute atomic E-state index is 11.7. The lowest BCUT2D eigenvalue weighted by Gasteiger charge is -2.03. The molecule has 0 aliphatic carbocycles. The number of carboxylic acids is 1. The van der Waals surface area contributed by atoms with Gasteiger partial charge in [0, 0.05) is 13.7 Å². The highest BCUT2D eigenvalue weighted by molar-refractivity contribution is 7.90. The monoisotopic (exact) mass is 278 g/mol. The van der Waals surface area contributed by atoms with E-state index in [1.165, 1.54) is 7.11 Å². The van der Waals surface area contributed by atoms with Gasteiger partial charge < -0.3 is 9.84 Å². The molecule has 0 aliphatic heterocycles. The lowest BCUT2D eigenvalue weighted by Crippen LogP contribution is -2.12. The Morgan fingerprint density at radius 3 is 2.82 bits per heavy atom. The van der Waals surface area contributed by atoms with Crippen molar-refractivity contribution in [1.29, 1.82) is 0 Å². The van der Waals surface area contributed by atoms with E-state index in [-0.39, 0.29) is 16.4 Å². The molecule has 1 aromatic rings. The summed E-state index contributed by atoms with van der Waals surface area (Å²) in [5.74, 6) is -1.29. The predicted molar refractivity (Wildman–Crippen MR) is 65.3 cm³/mol. The molecule has 0 spiro atoms. The molecule has 17 heavy (non-hydrogen) atoms. The molecule has 1 N–H and O–H groups in total. The van der Waals surface area contributed by atoms with Gasteiger partial charge in [-0.05, 0) is 23.4 Å². The van der Waals surface area contributed by atoms with Gasteiger partial charge in [0.25, 0.3) is 0 Å². The summed E-state index contributed by atoms with van der Waals surface area (Å²) in [7, 11) is -1.76. The van der Waals surface area contributed by atoms with Crippen molar-refractivity contribution in [2.24, 2.45) is 0 Å². The molecule has 5 nitrogen and oxygen atoms in total. The van der Waals surface area contributed by atoms with Gasteiger partial charge in [0.05, 0.1) is 11.5 Å².